The van der Waals surface area contributed by atoms with Crippen LogP contribution in [-0.2, 0) is 0 Å². The molecule has 2 aromatic heterocycles. The van der Waals surface area contributed by atoms with Crippen LogP contribution in [0.3, 0.4) is 0 Å². The SMILES string of the molecule is OCCCNc1nc(Nc2cc(Cl)ccc2F)cc(-c2cccnc2)n1. The van der Waals surface area contributed by atoms with Crippen molar-refractivity contribution in [3.63, 3.8) is 0 Å². The standard InChI is InChI=1S/C18H17ClFN5O/c19-13-4-5-14(20)16(9-13)23-17-10-15(12-3-1-6-21-11-12)24-18(25-17)22-7-2-8-26/h1,3-6,9-11,26H,2,7-8H2,(H2,22,23,24,25). The van der Waals surface area contributed by atoms with Gasteiger partial charge in [-0.05, 0) is 36.8 Å². The number of nitrogens with one attached hydrogen (secondary N) is 2. The van der Waals surface area contributed by atoms with Crippen LogP contribution in [0.1, 0.15) is 6.42 Å². The van der Waals surface area contributed by atoms with Gasteiger partial charge in [-0.25, -0.2) is 9.37 Å². The number of anilines is 3. The first-order chi connectivity index (χ1) is 12.7. The van der Waals surface area contributed by atoms with Crippen LogP contribution >= 0.6 is 11.6 Å². The van der Waals surface area contributed by atoms with Gasteiger partial charge in [-0.15, -0.1) is 0 Å². The van der Waals surface area contributed by atoms with Gasteiger partial charge >= 0.3 is 0 Å². The predicted molar refractivity (Wildman–Crippen MR) is 100 cm³/mol. The third kappa shape index (κ3) is 4.65. The molecule has 0 bridgehead atoms. The molecule has 0 amide bonds. The maximum absolute atomic E-state index is 14.0. The molecule has 0 saturated carbocycles. The van der Waals surface area contributed by atoms with Crippen LogP contribution in [0.5, 0.6) is 0 Å². The number of aliphatic hydroxyl groups excluding tert-OH is 1. The maximum atomic E-state index is 14.0. The lowest BCUT2D eigenvalue weighted by Gasteiger charge is -2.12. The van der Waals surface area contributed by atoms with Crippen molar-refractivity contribution in [2.45, 2.75) is 6.42 Å². The molecule has 0 fully saturated rings. The van der Waals surface area contributed by atoms with E-state index < -0.39 is 5.82 Å². The first-order valence-electron chi connectivity index (χ1n) is 8.02. The second kappa shape index (κ2) is 8.55. The summed E-state index contributed by atoms with van der Waals surface area (Å²) in [7, 11) is 0. The summed E-state index contributed by atoms with van der Waals surface area (Å²) in [5, 5.41) is 15.3. The van der Waals surface area contributed by atoms with Gasteiger partial charge in [0, 0.05) is 42.2 Å². The average molecular weight is 374 g/mol. The molecular weight excluding hydrogens is 357 g/mol. The van der Waals surface area contributed by atoms with Gasteiger partial charge in [-0.3, -0.25) is 4.98 Å². The molecule has 1 aromatic carbocycles. The van der Waals surface area contributed by atoms with E-state index in [-0.39, 0.29) is 12.3 Å². The molecule has 6 nitrogen and oxygen atoms in total. The lowest BCUT2D eigenvalue weighted by molar-refractivity contribution is 0.292. The zero-order chi connectivity index (χ0) is 18.4. The van der Waals surface area contributed by atoms with Crippen LogP contribution in [0.2, 0.25) is 5.02 Å². The molecular formula is C18H17ClFN5O. The molecule has 0 spiro atoms. The number of hydrogen-bond acceptors (Lipinski definition) is 6. The van der Waals surface area contributed by atoms with E-state index in [0.717, 1.165) is 5.56 Å². The van der Waals surface area contributed by atoms with E-state index in [4.69, 9.17) is 16.7 Å². The molecule has 0 atom stereocenters. The molecule has 3 aromatic rings. The number of rotatable bonds is 7. The minimum Gasteiger partial charge on any atom is -0.396 e. The Morgan fingerprint density at radius 1 is 1.15 bits per heavy atom. The van der Waals surface area contributed by atoms with E-state index in [1.165, 1.54) is 18.2 Å². The summed E-state index contributed by atoms with van der Waals surface area (Å²) in [4.78, 5) is 12.9. The van der Waals surface area contributed by atoms with Crippen LogP contribution in [0.25, 0.3) is 11.3 Å². The highest BCUT2D eigenvalue weighted by Crippen LogP contribution is 2.26. The Hall–Kier alpha value is -2.77. The third-order valence-corrected chi connectivity index (χ3v) is 3.73. The minimum absolute atomic E-state index is 0.0636. The minimum atomic E-state index is -0.439. The van der Waals surface area contributed by atoms with Crippen LogP contribution in [0.4, 0.5) is 21.8 Å². The van der Waals surface area contributed by atoms with Gasteiger partial charge < -0.3 is 15.7 Å². The molecule has 0 aliphatic rings. The highest BCUT2D eigenvalue weighted by Gasteiger charge is 2.10. The zero-order valence-electron chi connectivity index (χ0n) is 13.8. The van der Waals surface area contributed by atoms with E-state index in [9.17, 15) is 4.39 Å². The van der Waals surface area contributed by atoms with E-state index in [1.54, 1.807) is 24.5 Å². The summed E-state index contributed by atoms with van der Waals surface area (Å²) in [6, 6.07) is 9.63. The van der Waals surface area contributed by atoms with E-state index in [2.05, 4.69) is 25.6 Å². The fourth-order valence-electron chi connectivity index (χ4n) is 2.26. The average Bonchev–Trinajstić information content (AvgIpc) is 2.65. The first kappa shape index (κ1) is 18.0. The van der Waals surface area contributed by atoms with Crippen molar-refractivity contribution in [1.82, 2.24) is 15.0 Å². The van der Waals surface area contributed by atoms with Crippen molar-refractivity contribution < 1.29 is 9.50 Å². The predicted octanol–water partition coefficient (Wildman–Crippen LogP) is 3.87. The summed E-state index contributed by atoms with van der Waals surface area (Å²) >= 11 is 5.94. The molecule has 0 radical (unpaired) electrons. The highest BCUT2D eigenvalue weighted by molar-refractivity contribution is 6.30. The quantitative estimate of drug-likeness (QED) is 0.545. The molecule has 3 N–H and O–H groups in total. The van der Waals surface area contributed by atoms with Crippen molar-refractivity contribution >= 4 is 29.1 Å². The molecule has 26 heavy (non-hydrogen) atoms. The van der Waals surface area contributed by atoms with Crippen LogP contribution < -0.4 is 10.6 Å². The Morgan fingerprint density at radius 2 is 2.04 bits per heavy atom. The molecule has 3 rings (SSSR count). The summed E-state index contributed by atoms with van der Waals surface area (Å²) in [5.41, 5.74) is 1.65. The Kier molecular flexibility index (Phi) is 5.93. The number of halogens is 2. The lowest BCUT2D eigenvalue weighted by Crippen LogP contribution is -2.09. The Bertz CT molecular complexity index is 879. The van der Waals surface area contributed by atoms with Gasteiger partial charge in [0.05, 0.1) is 11.4 Å². The van der Waals surface area contributed by atoms with Crippen molar-refractivity contribution in [2.75, 3.05) is 23.8 Å². The Balaban J connectivity index is 1.95. The molecule has 134 valence electrons. The molecule has 0 unspecified atom stereocenters. The summed E-state index contributed by atoms with van der Waals surface area (Å²) in [6.45, 7) is 0.575. The monoisotopic (exact) mass is 373 g/mol. The second-order valence-corrected chi connectivity index (χ2v) is 5.89. The Morgan fingerprint density at radius 3 is 2.81 bits per heavy atom. The van der Waals surface area contributed by atoms with Gasteiger partial charge in [0.1, 0.15) is 11.6 Å². The van der Waals surface area contributed by atoms with Crippen molar-refractivity contribution in [1.29, 1.82) is 0 Å². The number of aromatic nitrogens is 3. The largest absolute Gasteiger partial charge is 0.396 e. The van der Waals surface area contributed by atoms with Crippen molar-refractivity contribution in [2.24, 2.45) is 0 Å². The van der Waals surface area contributed by atoms with Gasteiger partial charge in [0.2, 0.25) is 5.95 Å². The van der Waals surface area contributed by atoms with E-state index in [1.807, 2.05) is 6.07 Å². The molecule has 2 heterocycles. The molecule has 0 aliphatic heterocycles. The number of nitrogens with zero attached hydrogens (tertiary/aromatic N) is 3. The Labute approximate surface area is 155 Å². The molecule has 0 aliphatic carbocycles. The van der Waals surface area contributed by atoms with Crippen LogP contribution in [0.15, 0.2) is 48.8 Å². The van der Waals surface area contributed by atoms with Gasteiger partial charge in [-0.1, -0.05) is 11.6 Å². The van der Waals surface area contributed by atoms with Crippen LogP contribution in [-0.4, -0.2) is 33.2 Å². The van der Waals surface area contributed by atoms with Gasteiger partial charge in [0.25, 0.3) is 0 Å². The van der Waals surface area contributed by atoms with Gasteiger partial charge in [-0.2, -0.15) is 4.98 Å². The first-order valence-corrected chi connectivity index (χ1v) is 8.40. The number of aliphatic hydroxyl groups is 1. The number of benzene rings is 1. The second-order valence-electron chi connectivity index (χ2n) is 5.46. The smallest absolute Gasteiger partial charge is 0.225 e. The topological polar surface area (TPSA) is 83.0 Å². The molecule has 8 heteroatoms. The van der Waals surface area contributed by atoms with Gasteiger partial charge in [0.15, 0.2) is 0 Å². The fraction of sp³-hybridized carbons (Fsp3) is 0.167. The third-order valence-electron chi connectivity index (χ3n) is 3.49. The van der Waals surface area contributed by atoms with E-state index >= 15 is 0 Å². The van der Waals surface area contributed by atoms with E-state index in [0.29, 0.717) is 35.4 Å². The summed E-state index contributed by atoms with van der Waals surface area (Å²) in [6.07, 6.45) is 3.92. The molecule has 0 saturated heterocycles. The normalized spacial score (nSPS) is 10.6. The van der Waals surface area contributed by atoms with Crippen molar-refractivity contribution in [3.05, 3.63) is 59.6 Å². The maximum Gasteiger partial charge on any atom is 0.225 e. The highest BCUT2D eigenvalue weighted by atomic mass is 35.5. The number of pyridine rings is 1. The fourth-order valence-corrected chi connectivity index (χ4v) is 2.44. The number of hydrogen-bond donors (Lipinski definition) is 3. The van der Waals surface area contributed by atoms with Crippen molar-refractivity contribution in [3.8, 4) is 11.3 Å². The van der Waals surface area contributed by atoms with Crippen LogP contribution in [0, 0.1) is 5.82 Å². The lowest BCUT2D eigenvalue weighted by atomic mass is 10.2. The summed E-state index contributed by atoms with van der Waals surface area (Å²) in [5.74, 6) is 0.335. The zero-order valence-corrected chi connectivity index (χ0v) is 14.5. The summed E-state index contributed by atoms with van der Waals surface area (Å²) < 4.78 is 14.0.